The van der Waals surface area contributed by atoms with Gasteiger partial charge in [0, 0.05) is 31.1 Å². The lowest BCUT2D eigenvalue weighted by atomic mass is 10.0. The van der Waals surface area contributed by atoms with E-state index in [0.717, 1.165) is 11.1 Å². The van der Waals surface area contributed by atoms with Crippen LogP contribution >= 0.6 is 0 Å². The minimum Gasteiger partial charge on any atom is -0.496 e. The molecule has 0 aliphatic rings. The maximum Gasteiger partial charge on any atom is 0.244 e. The summed E-state index contributed by atoms with van der Waals surface area (Å²) < 4.78 is 18.3. The third-order valence-electron chi connectivity index (χ3n) is 4.82. The minimum atomic E-state index is -0.479. The Balaban J connectivity index is 1.82. The molecule has 0 aliphatic carbocycles. The molecule has 1 amide bonds. The summed E-state index contributed by atoms with van der Waals surface area (Å²) >= 11 is 0. The van der Waals surface area contributed by atoms with E-state index in [9.17, 15) is 4.79 Å². The van der Waals surface area contributed by atoms with E-state index < -0.39 is 6.04 Å². The van der Waals surface area contributed by atoms with Gasteiger partial charge in [0.05, 0.1) is 14.2 Å². The van der Waals surface area contributed by atoms with Crippen molar-refractivity contribution in [3.8, 4) is 17.2 Å². The lowest BCUT2D eigenvalue weighted by Crippen LogP contribution is -2.30. The SMILES string of the molecule is C=CCOc1ccc(/C=C/C(=O)NC(c2ccccc2OC)c2nccn2C)cc1OC. The third kappa shape index (κ3) is 5.37. The van der Waals surface area contributed by atoms with Crippen molar-refractivity contribution in [2.24, 2.45) is 7.05 Å². The fourth-order valence-corrected chi connectivity index (χ4v) is 3.26. The van der Waals surface area contributed by atoms with Gasteiger partial charge in [-0.05, 0) is 29.8 Å². The zero-order chi connectivity index (χ0) is 22.9. The molecular formula is C25H27N3O4. The number of rotatable bonds is 10. The number of hydrogen-bond acceptors (Lipinski definition) is 5. The van der Waals surface area contributed by atoms with Crippen LogP contribution in [0.2, 0.25) is 0 Å². The van der Waals surface area contributed by atoms with Gasteiger partial charge in [-0.3, -0.25) is 4.79 Å². The van der Waals surface area contributed by atoms with Gasteiger partial charge in [-0.2, -0.15) is 0 Å². The third-order valence-corrected chi connectivity index (χ3v) is 4.82. The highest BCUT2D eigenvalue weighted by atomic mass is 16.5. The molecule has 1 unspecified atom stereocenters. The number of imidazole rings is 1. The molecule has 0 radical (unpaired) electrons. The molecule has 7 heteroatoms. The Hall–Kier alpha value is -4.00. The lowest BCUT2D eigenvalue weighted by molar-refractivity contribution is -0.117. The van der Waals surface area contributed by atoms with E-state index in [1.165, 1.54) is 6.08 Å². The van der Waals surface area contributed by atoms with Crippen LogP contribution < -0.4 is 19.5 Å². The molecule has 0 fully saturated rings. The molecule has 32 heavy (non-hydrogen) atoms. The molecule has 2 aromatic carbocycles. The van der Waals surface area contributed by atoms with E-state index >= 15 is 0 Å². The number of benzene rings is 2. The van der Waals surface area contributed by atoms with Gasteiger partial charge in [0.2, 0.25) is 5.91 Å². The van der Waals surface area contributed by atoms with Crippen molar-refractivity contribution in [1.29, 1.82) is 0 Å². The summed E-state index contributed by atoms with van der Waals surface area (Å²) in [6, 6.07) is 12.5. The van der Waals surface area contributed by atoms with Gasteiger partial charge in [0.1, 0.15) is 24.2 Å². The average molecular weight is 434 g/mol. The Kier molecular flexibility index (Phi) is 7.70. The van der Waals surface area contributed by atoms with Gasteiger partial charge in [-0.25, -0.2) is 4.98 Å². The van der Waals surface area contributed by atoms with Crippen molar-refractivity contribution in [3.63, 3.8) is 0 Å². The fourth-order valence-electron chi connectivity index (χ4n) is 3.26. The number of carbonyl (C=O) groups excluding carboxylic acids is 1. The number of aryl methyl sites for hydroxylation is 1. The molecule has 0 saturated heterocycles. The van der Waals surface area contributed by atoms with E-state index in [1.807, 2.05) is 48.1 Å². The van der Waals surface area contributed by atoms with Crippen LogP contribution in [-0.2, 0) is 11.8 Å². The van der Waals surface area contributed by atoms with Gasteiger partial charge >= 0.3 is 0 Å². The monoisotopic (exact) mass is 433 g/mol. The summed E-state index contributed by atoms with van der Waals surface area (Å²) in [6.45, 7) is 4.02. The summed E-state index contributed by atoms with van der Waals surface area (Å²) in [4.78, 5) is 17.3. The Morgan fingerprint density at radius 1 is 1.16 bits per heavy atom. The van der Waals surface area contributed by atoms with Crippen LogP contribution in [0.15, 0.2) is 73.6 Å². The average Bonchev–Trinajstić information content (AvgIpc) is 3.25. The second-order valence-corrected chi connectivity index (χ2v) is 6.92. The summed E-state index contributed by atoms with van der Waals surface area (Å²) in [6.07, 6.45) is 8.39. The number of hydrogen-bond donors (Lipinski definition) is 1. The molecule has 0 spiro atoms. The first-order valence-corrected chi connectivity index (χ1v) is 10.1. The maximum atomic E-state index is 12.8. The topological polar surface area (TPSA) is 74.6 Å². The van der Waals surface area contributed by atoms with E-state index in [4.69, 9.17) is 14.2 Å². The first-order chi connectivity index (χ1) is 15.6. The van der Waals surface area contributed by atoms with Crippen LogP contribution in [-0.4, -0.2) is 36.3 Å². The zero-order valence-corrected chi connectivity index (χ0v) is 18.4. The van der Waals surface area contributed by atoms with Crippen molar-refractivity contribution in [3.05, 3.63) is 90.5 Å². The summed E-state index contributed by atoms with van der Waals surface area (Å²) in [5, 5.41) is 3.03. The first kappa shape index (κ1) is 22.7. The van der Waals surface area contributed by atoms with Crippen LogP contribution in [0, 0.1) is 0 Å². The molecule has 0 aliphatic heterocycles. The van der Waals surface area contributed by atoms with Crippen LogP contribution in [0.5, 0.6) is 17.2 Å². The molecule has 0 bridgehead atoms. The molecule has 3 aromatic rings. The Labute approximate surface area is 188 Å². The summed E-state index contributed by atoms with van der Waals surface area (Å²) in [5.41, 5.74) is 1.62. The van der Waals surface area contributed by atoms with Crippen molar-refractivity contribution >= 4 is 12.0 Å². The molecular weight excluding hydrogens is 406 g/mol. The van der Waals surface area contributed by atoms with Crippen LogP contribution in [0.25, 0.3) is 6.08 Å². The first-order valence-electron chi connectivity index (χ1n) is 10.1. The number of amides is 1. The van der Waals surface area contributed by atoms with E-state index in [0.29, 0.717) is 29.7 Å². The highest BCUT2D eigenvalue weighted by molar-refractivity contribution is 5.92. The standard InChI is InChI=1S/C25H27N3O4/c1-5-16-32-21-12-10-18(17-22(21)31-4)11-13-23(29)27-24(25-26-14-15-28(25)2)19-8-6-7-9-20(19)30-3/h5-15,17,24H,1,16H2,2-4H3,(H,27,29)/b13-11+. The molecule has 1 aromatic heterocycles. The number of methoxy groups -OCH3 is 2. The quantitative estimate of drug-likeness (QED) is 0.387. The number of nitrogens with zero attached hydrogens (tertiary/aromatic N) is 2. The van der Waals surface area contributed by atoms with Crippen molar-refractivity contribution < 1.29 is 19.0 Å². The number of aromatic nitrogens is 2. The van der Waals surface area contributed by atoms with Crippen molar-refractivity contribution in [2.75, 3.05) is 20.8 Å². The minimum absolute atomic E-state index is 0.269. The summed E-state index contributed by atoms with van der Waals surface area (Å²) in [5.74, 6) is 2.29. The number of nitrogens with one attached hydrogen (secondary N) is 1. The molecule has 7 nitrogen and oxygen atoms in total. The molecule has 1 heterocycles. The maximum absolute atomic E-state index is 12.8. The lowest BCUT2D eigenvalue weighted by Gasteiger charge is -2.20. The van der Waals surface area contributed by atoms with Gasteiger partial charge in [-0.1, -0.05) is 36.9 Å². The fraction of sp³-hybridized carbons (Fsp3) is 0.200. The Bertz CT molecular complexity index is 1100. The molecule has 0 saturated carbocycles. The zero-order valence-electron chi connectivity index (χ0n) is 18.4. The highest BCUT2D eigenvalue weighted by Crippen LogP contribution is 2.30. The van der Waals surface area contributed by atoms with Gasteiger partial charge in [-0.15, -0.1) is 0 Å². The number of para-hydroxylation sites is 1. The number of carbonyl (C=O) groups is 1. The van der Waals surface area contributed by atoms with Gasteiger partial charge in [0.25, 0.3) is 0 Å². The smallest absolute Gasteiger partial charge is 0.244 e. The molecule has 3 rings (SSSR count). The molecule has 166 valence electrons. The van der Waals surface area contributed by atoms with Gasteiger partial charge in [0.15, 0.2) is 11.5 Å². The number of ether oxygens (including phenoxy) is 3. The Morgan fingerprint density at radius 3 is 2.62 bits per heavy atom. The van der Waals surface area contributed by atoms with Gasteiger partial charge < -0.3 is 24.1 Å². The largest absolute Gasteiger partial charge is 0.496 e. The van der Waals surface area contributed by atoms with E-state index in [-0.39, 0.29) is 5.91 Å². The molecule has 1 atom stereocenters. The van der Waals surface area contributed by atoms with E-state index in [1.54, 1.807) is 44.7 Å². The summed E-state index contributed by atoms with van der Waals surface area (Å²) in [7, 11) is 5.06. The normalized spacial score (nSPS) is 11.7. The van der Waals surface area contributed by atoms with Crippen LogP contribution in [0.1, 0.15) is 23.0 Å². The van der Waals surface area contributed by atoms with Crippen LogP contribution in [0.3, 0.4) is 0 Å². The predicted molar refractivity (Wildman–Crippen MR) is 124 cm³/mol. The van der Waals surface area contributed by atoms with Crippen molar-refractivity contribution in [2.45, 2.75) is 6.04 Å². The van der Waals surface area contributed by atoms with E-state index in [2.05, 4.69) is 16.9 Å². The second kappa shape index (κ2) is 10.9. The predicted octanol–water partition coefficient (Wildman–Crippen LogP) is 3.92. The highest BCUT2D eigenvalue weighted by Gasteiger charge is 2.23. The molecule has 1 N–H and O–H groups in total. The van der Waals surface area contributed by atoms with Crippen LogP contribution in [0.4, 0.5) is 0 Å². The second-order valence-electron chi connectivity index (χ2n) is 6.92. The van der Waals surface area contributed by atoms with Crippen molar-refractivity contribution in [1.82, 2.24) is 14.9 Å². The Morgan fingerprint density at radius 2 is 1.94 bits per heavy atom.